The van der Waals surface area contributed by atoms with Crippen LogP contribution >= 0.6 is 0 Å². The van der Waals surface area contributed by atoms with E-state index in [2.05, 4.69) is 5.32 Å². The molecule has 19 heavy (non-hydrogen) atoms. The lowest BCUT2D eigenvalue weighted by Gasteiger charge is -2.13. The molecule has 0 aliphatic carbocycles. The van der Waals surface area contributed by atoms with E-state index in [1.165, 1.54) is 0 Å². The Balaban J connectivity index is 2.30. The minimum absolute atomic E-state index is 0.0193. The second-order valence-electron chi connectivity index (χ2n) is 4.80. The standard InChI is InChI=1S/C15H21NO3/c1-11(15(18)19)7-6-10-16-14(17)12(2)13-8-4-3-5-9-13/h3-5,8-9,11-12H,6-7,10H2,1-2H3,(H,16,17)(H,18,19). The molecule has 2 unspecified atom stereocenters. The fourth-order valence-electron chi connectivity index (χ4n) is 1.79. The summed E-state index contributed by atoms with van der Waals surface area (Å²) in [4.78, 5) is 22.5. The molecule has 1 aromatic carbocycles. The van der Waals surface area contributed by atoms with Crippen LogP contribution in [0.2, 0.25) is 0 Å². The molecule has 0 radical (unpaired) electrons. The average molecular weight is 263 g/mol. The number of nitrogens with one attached hydrogen (secondary N) is 1. The van der Waals surface area contributed by atoms with Crippen molar-refractivity contribution < 1.29 is 14.7 Å². The monoisotopic (exact) mass is 263 g/mol. The highest BCUT2D eigenvalue weighted by Crippen LogP contribution is 2.14. The van der Waals surface area contributed by atoms with Crippen LogP contribution in [0.25, 0.3) is 0 Å². The minimum atomic E-state index is -0.788. The van der Waals surface area contributed by atoms with Crippen molar-refractivity contribution >= 4 is 11.9 Å². The van der Waals surface area contributed by atoms with E-state index in [9.17, 15) is 9.59 Å². The van der Waals surface area contributed by atoms with Crippen LogP contribution in [-0.2, 0) is 9.59 Å². The van der Waals surface area contributed by atoms with Crippen LogP contribution in [-0.4, -0.2) is 23.5 Å². The molecule has 2 atom stereocenters. The van der Waals surface area contributed by atoms with E-state index in [4.69, 9.17) is 5.11 Å². The van der Waals surface area contributed by atoms with Crippen LogP contribution in [0.15, 0.2) is 30.3 Å². The summed E-state index contributed by atoms with van der Waals surface area (Å²) in [5, 5.41) is 11.6. The van der Waals surface area contributed by atoms with Crippen molar-refractivity contribution in [3.8, 4) is 0 Å². The lowest BCUT2D eigenvalue weighted by Crippen LogP contribution is -2.29. The first-order valence-electron chi connectivity index (χ1n) is 6.58. The molecule has 1 aromatic rings. The topological polar surface area (TPSA) is 66.4 Å². The molecular weight excluding hydrogens is 242 g/mol. The van der Waals surface area contributed by atoms with Crippen molar-refractivity contribution in [2.24, 2.45) is 5.92 Å². The van der Waals surface area contributed by atoms with E-state index in [-0.39, 0.29) is 17.7 Å². The van der Waals surface area contributed by atoms with Gasteiger partial charge in [-0.15, -0.1) is 0 Å². The number of benzene rings is 1. The fourth-order valence-corrected chi connectivity index (χ4v) is 1.79. The summed E-state index contributed by atoms with van der Waals surface area (Å²) in [6.45, 7) is 4.06. The van der Waals surface area contributed by atoms with Crippen molar-refractivity contribution in [2.45, 2.75) is 32.6 Å². The number of hydrogen-bond acceptors (Lipinski definition) is 2. The maximum absolute atomic E-state index is 11.9. The van der Waals surface area contributed by atoms with E-state index in [1.54, 1.807) is 6.92 Å². The first-order valence-corrected chi connectivity index (χ1v) is 6.58. The van der Waals surface area contributed by atoms with Gasteiger partial charge in [0.25, 0.3) is 0 Å². The van der Waals surface area contributed by atoms with Gasteiger partial charge in [0, 0.05) is 6.54 Å². The van der Waals surface area contributed by atoms with Gasteiger partial charge < -0.3 is 10.4 Å². The van der Waals surface area contributed by atoms with Crippen molar-refractivity contribution in [3.63, 3.8) is 0 Å². The Kier molecular flexibility index (Phi) is 6.06. The zero-order chi connectivity index (χ0) is 14.3. The predicted octanol–water partition coefficient (Wildman–Crippen LogP) is 2.41. The molecule has 2 N–H and O–H groups in total. The highest BCUT2D eigenvalue weighted by Gasteiger charge is 2.14. The summed E-state index contributed by atoms with van der Waals surface area (Å²) in [5.41, 5.74) is 0.985. The van der Waals surface area contributed by atoms with Gasteiger partial charge in [-0.1, -0.05) is 37.3 Å². The van der Waals surface area contributed by atoms with Gasteiger partial charge in [-0.05, 0) is 25.3 Å². The summed E-state index contributed by atoms with van der Waals surface area (Å²) >= 11 is 0. The smallest absolute Gasteiger partial charge is 0.306 e. The molecule has 0 spiro atoms. The second kappa shape index (κ2) is 7.56. The van der Waals surface area contributed by atoms with Crippen molar-refractivity contribution in [3.05, 3.63) is 35.9 Å². The zero-order valence-corrected chi connectivity index (χ0v) is 11.4. The number of carbonyl (C=O) groups is 2. The van der Waals surface area contributed by atoms with Gasteiger partial charge in [0.1, 0.15) is 0 Å². The van der Waals surface area contributed by atoms with Gasteiger partial charge in [0.05, 0.1) is 11.8 Å². The molecule has 0 aromatic heterocycles. The van der Waals surface area contributed by atoms with E-state index in [0.717, 1.165) is 5.56 Å². The van der Waals surface area contributed by atoms with Gasteiger partial charge in [-0.2, -0.15) is 0 Å². The van der Waals surface area contributed by atoms with Crippen LogP contribution < -0.4 is 5.32 Å². The summed E-state index contributed by atoms with van der Waals surface area (Å²) in [5.74, 6) is -1.35. The molecule has 0 saturated heterocycles. The van der Waals surface area contributed by atoms with E-state index < -0.39 is 5.97 Å². The summed E-state index contributed by atoms with van der Waals surface area (Å²) in [6.07, 6.45) is 1.26. The number of rotatable bonds is 7. The number of hydrogen-bond donors (Lipinski definition) is 2. The third-order valence-corrected chi connectivity index (χ3v) is 3.23. The Morgan fingerprint density at radius 3 is 2.42 bits per heavy atom. The van der Waals surface area contributed by atoms with Crippen LogP contribution in [0.3, 0.4) is 0 Å². The van der Waals surface area contributed by atoms with Crippen LogP contribution in [0.1, 0.15) is 38.2 Å². The van der Waals surface area contributed by atoms with Crippen LogP contribution in [0.5, 0.6) is 0 Å². The first-order chi connectivity index (χ1) is 9.02. The molecule has 0 heterocycles. The highest BCUT2D eigenvalue weighted by atomic mass is 16.4. The molecule has 0 fully saturated rings. The molecule has 0 aliphatic rings. The minimum Gasteiger partial charge on any atom is -0.481 e. The molecule has 0 bridgehead atoms. The zero-order valence-electron chi connectivity index (χ0n) is 11.4. The number of amides is 1. The Labute approximate surface area is 113 Å². The summed E-state index contributed by atoms with van der Waals surface area (Å²) in [7, 11) is 0. The lowest BCUT2D eigenvalue weighted by molar-refractivity contribution is -0.141. The SMILES string of the molecule is CC(CCCNC(=O)C(C)c1ccccc1)C(=O)O. The third kappa shape index (κ3) is 5.12. The summed E-state index contributed by atoms with van der Waals surface area (Å²) in [6, 6.07) is 9.59. The molecule has 1 rings (SSSR count). The highest BCUT2D eigenvalue weighted by molar-refractivity contribution is 5.83. The summed E-state index contributed by atoms with van der Waals surface area (Å²) < 4.78 is 0. The molecule has 0 saturated carbocycles. The fraction of sp³-hybridized carbons (Fsp3) is 0.467. The van der Waals surface area contributed by atoms with Crippen molar-refractivity contribution in [1.82, 2.24) is 5.32 Å². The van der Waals surface area contributed by atoms with Gasteiger partial charge in [0.15, 0.2) is 0 Å². The van der Waals surface area contributed by atoms with E-state index in [1.807, 2.05) is 37.3 Å². The maximum Gasteiger partial charge on any atom is 0.306 e. The largest absolute Gasteiger partial charge is 0.481 e. The maximum atomic E-state index is 11.9. The Hall–Kier alpha value is -1.84. The van der Waals surface area contributed by atoms with Gasteiger partial charge in [-0.25, -0.2) is 0 Å². The van der Waals surface area contributed by atoms with E-state index in [0.29, 0.717) is 19.4 Å². The number of carbonyl (C=O) groups excluding carboxylic acids is 1. The molecule has 0 aliphatic heterocycles. The number of carboxylic acids is 1. The number of carboxylic acid groups (broad SMARTS) is 1. The Morgan fingerprint density at radius 1 is 1.21 bits per heavy atom. The van der Waals surface area contributed by atoms with Crippen molar-refractivity contribution in [2.75, 3.05) is 6.54 Å². The average Bonchev–Trinajstić information content (AvgIpc) is 2.43. The predicted molar refractivity (Wildman–Crippen MR) is 73.9 cm³/mol. The normalized spacial score (nSPS) is 13.6. The van der Waals surface area contributed by atoms with Crippen LogP contribution in [0, 0.1) is 5.92 Å². The molecule has 4 heteroatoms. The van der Waals surface area contributed by atoms with Gasteiger partial charge in [0.2, 0.25) is 5.91 Å². The Bertz CT molecular complexity index is 417. The second-order valence-corrected chi connectivity index (χ2v) is 4.80. The molecule has 104 valence electrons. The molecular formula is C15H21NO3. The van der Waals surface area contributed by atoms with Gasteiger partial charge >= 0.3 is 5.97 Å². The molecule has 1 amide bonds. The Morgan fingerprint density at radius 2 is 1.84 bits per heavy atom. The van der Waals surface area contributed by atoms with E-state index >= 15 is 0 Å². The van der Waals surface area contributed by atoms with Crippen LogP contribution in [0.4, 0.5) is 0 Å². The van der Waals surface area contributed by atoms with Gasteiger partial charge in [-0.3, -0.25) is 9.59 Å². The molecule has 4 nitrogen and oxygen atoms in total. The lowest BCUT2D eigenvalue weighted by atomic mass is 10.0. The number of aliphatic carboxylic acids is 1. The van der Waals surface area contributed by atoms with Crippen molar-refractivity contribution in [1.29, 1.82) is 0 Å². The first kappa shape index (κ1) is 15.2. The quantitative estimate of drug-likeness (QED) is 0.742. The third-order valence-electron chi connectivity index (χ3n) is 3.23.